The third-order valence-electron chi connectivity index (χ3n) is 3.67. The van der Waals surface area contributed by atoms with Crippen molar-refractivity contribution in [2.24, 2.45) is 11.1 Å². The number of carbonyl (C=O) groups is 1. The van der Waals surface area contributed by atoms with Crippen molar-refractivity contribution in [2.45, 2.75) is 40.0 Å². The predicted molar refractivity (Wildman–Crippen MR) is 91.0 cm³/mol. The standard InChI is InChI=1S/C18H30N2O2/c1-5-12-22-16-9-6-15(7-10-16)8-11-17(21)20(4)14-18(2,3)13-19/h6-7,9-10H,5,8,11-14,19H2,1-4H3. The third-order valence-corrected chi connectivity index (χ3v) is 3.67. The minimum Gasteiger partial charge on any atom is -0.494 e. The summed E-state index contributed by atoms with van der Waals surface area (Å²) in [5.74, 6) is 1.05. The predicted octanol–water partition coefficient (Wildman–Crippen LogP) is 2.85. The van der Waals surface area contributed by atoms with E-state index in [1.54, 1.807) is 4.90 Å². The smallest absolute Gasteiger partial charge is 0.222 e. The van der Waals surface area contributed by atoms with Crippen LogP contribution < -0.4 is 10.5 Å². The second kappa shape index (κ2) is 8.79. The van der Waals surface area contributed by atoms with E-state index in [0.717, 1.165) is 30.8 Å². The van der Waals surface area contributed by atoms with Gasteiger partial charge in [0.05, 0.1) is 6.61 Å². The summed E-state index contributed by atoms with van der Waals surface area (Å²) in [7, 11) is 1.85. The molecule has 0 heterocycles. The molecule has 0 saturated carbocycles. The summed E-state index contributed by atoms with van der Waals surface area (Å²) in [6.07, 6.45) is 2.27. The van der Waals surface area contributed by atoms with Crippen LogP contribution in [0.5, 0.6) is 5.75 Å². The lowest BCUT2D eigenvalue weighted by Crippen LogP contribution is -2.39. The molecule has 4 heteroatoms. The van der Waals surface area contributed by atoms with Crippen LogP contribution in [0, 0.1) is 5.41 Å². The van der Waals surface area contributed by atoms with Gasteiger partial charge in [-0.15, -0.1) is 0 Å². The molecule has 0 bridgehead atoms. The van der Waals surface area contributed by atoms with Crippen molar-refractivity contribution in [2.75, 3.05) is 26.7 Å². The lowest BCUT2D eigenvalue weighted by Gasteiger charge is -2.29. The van der Waals surface area contributed by atoms with E-state index in [1.807, 2.05) is 31.3 Å². The number of ether oxygens (including phenoxy) is 1. The van der Waals surface area contributed by atoms with Crippen LogP contribution >= 0.6 is 0 Å². The number of hydrogen-bond donors (Lipinski definition) is 1. The van der Waals surface area contributed by atoms with Crippen LogP contribution in [0.2, 0.25) is 0 Å². The van der Waals surface area contributed by atoms with Crippen LogP contribution in [0.15, 0.2) is 24.3 Å². The van der Waals surface area contributed by atoms with E-state index >= 15 is 0 Å². The minimum absolute atomic E-state index is 0.0390. The van der Waals surface area contributed by atoms with Gasteiger partial charge in [0.15, 0.2) is 0 Å². The first-order valence-electron chi connectivity index (χ1n) is 8.03. The molecule has 0 aliphatic heterocycles. The zero-order chi connectivity index (χ0) is 16.6. The first-order chi connectivity index (χ1) is 10.4. The number of carbonyl (C=O) groups excluding carboxylic acids is 1. The van der Waals surface area contributed by atoms with Gasteiger partial charge in [-0.05, 0) is 42.5 Å². The van der Waals surface area contributed by atoms with E-state index < -0.39 is 0 Å². The van der Waals surface area contributed by atoms with Crippen molar-refractivity contribution in [1.29, 1.82) is 0 Å². The molecule has 1 rings (SSSR count). The molecule has 0 radical (unpaired) electrons. The Labute approximate surface area is 134 Å². The SMILES string of the molecule is CCCOc1ccc(CCC(=O)N(C)CC(C)(C)CN)cc1. The highest BCUT2D eigenvalue weighted by atomic mass is 16.5. The van der Waals surface area contributed by atoms with Gasteiger partial charge in [-0.2, -0.15) is 0 Å². The molecule has 22 heavy (non-hydrogen) atoms. The van der Waals surface area contributed by atoms with Crippen molar-refractivity contribution in [1.82, 2.24) is 4.90 Å². The Morgan fingerprint density at radius 1 is 1.27 bits per heavy atom. The summed E-state index contributed by atoms with van der Waals surface area (Å²) in [6, 6.07) is 8.00. The Hall–Kier alpha value is -1.55. The van der Waals surface area contributed by atoms with Gasteiger partial charge in [-0.25, -0.2) is 0 Å². The Bertz CT molecular complexity index is 455. The van der Waals surface area contributed by atoms with Gasteiger partial charge in [0.1, 0.15) is 5.75 Å². The number of amides is 1. The molecule has 0 fully saturated rings. The highest BCUT2D eigenvalue weighted by Gasteiger charge is 2.20. The molecule has 124 valence electrons. The molecule has 0 saturated heterocycles. The summed E-state index contributed by atoms with van der Waals surface area (Å²) in [4.78, 5) is 14.0. The second-order valence-corrected chi connectivity index (χ2v) is 6.61. The molecule has 0 aromatic heterocycles. The Morgan fingerprint density at radius 3 is 2.45 bits per heavy atom. The van der Waals surface area contributed by atoms with E-state index in [-0.39, 0.29) is 11.3 Å². The fraction of sp³-hybridized carbons (Fsp3) is 0.611. The number of benzene rings is 1. The van der Waals surface area contributed by atoms with Gasteiger partial charge in [-0.1, -0.05) is 32.9 Å². The molecule has 2 N–H and O–H groups in total. The number of hydrogen-bond acceptors (Lipinski definition) is 3. The quantitative estimate of drug-likeness (QED) is 0.763. The van der Waals surface area contributed by atoms with Gasteiger partial charge in [0.25, 0.3) is 0 Å². The van der Waals surface area contributed by atoms with Crippen LogP contribution in [-0.2, 0) is 11.2 Å². The summed E-state index contributed by atoms with van der Waals surface area (Å²) in [5.41, 5.74) is 6.84. The highest BCUT2D eigenvalue weighted by molar-refractivity contribution is 5.76. The molecule has 0 aliphatic rings. The maximum absolute atomic E-state index is 12.2. The van der Waals surface area contributed by atoms with Crippen molar-refractivity contribution < 1.29 is 9.53 Å². The summed E-state index contributed by atoms with van der Waals surface area (Å²) in [5, 5.41) is 0. The maximum atomic E-state index is 12.2. The number of nitrogens with two attached hydrogens (primary N) is 1. The molecule has 1 amide bonds. The van der Waals surface area contributed by atoms with E-state index in [1.165, 1.54) is 0 Å². The molecule has 0 spiro atoms. The van der Waals surface area contributed by atoms with Crippen molar-refractivity contribution in [3.63, 3.8) is 0 Å². The number of rotatable bonds is 9. The normalized spacial score (nSPS) is 11.3. The van der Waals surface area contributed by atoms with E-state index in [9.17, 15) is 4.79 Å². The van der Waals surface area contributed by atoms with Crippen LogP contribution in [0.4, 0.5) is 0 Å². The molecular formula is C18H30N2O2. The van der Waals surface area contributed by atoms with Gasteiger partial charge in [0.2, 0.25) is 5.91 Å². The Balaban J connectivity index is 2.43. The van der Waals surface area contributed by atoms with Crippen LogP contribution in [0.3, 0.4) is 0 Å². The molecule has 0 unspecified atom stereocenters. The maximum Gasteiger partial charge on any atom is 0.222 e. The average molecular weight is 306 g/mol. The van der Waals surface area contributed by atoms with Gasteiger partial charge >= 0.3 is 0 Å². The van der Waals surface area contributed by atoms with Crippen LogP contribution in [0.25, 0.3) is 0 Å². The summed E-state index contributed by atoms with van der Waals surface area (Å²) < 4.78 is 5.55. The van der Waals surface area contributed by atoms with Crippen molar-refractivity contribution >= 4 is 5.91 Å². The van der Waals surface area contributed by atoms with Crippen molar-refractivity contribution in [3.8, 4) is 5.75 Å². The lowest BCUT2D eigenvalue weighted by atomic mass is 9.93. The van der Waals surface area contributed by atoms with Gasteiger partial charge < -0.3 is 15.4 Å². The molecule has 1 aromatic carbocycles. The summed E-state index contributed by atoms with van der Waals surface area (Å²) >= 11 is 0. The Morgan fingerprint density at radius 2 is 1.91 bits per heavy atom. The van der Waals surface area contributed by atoms with Gasteiger partial charge in [0, 0.05) is 20.0 Å². The zero-order valence-electron chi connectivity index (χ0n) is 14.4. The van der Waals surface area contributed by atoms with E-state index in [0.29, 0.717) is 19.5 Å². The van der Waals surface area contributed by atoms with Crippen LogP contribution in [-0.4, -0.2) is 37.6 Å². The highest BCUT2D eigenvalue weighted by Crippen LogP contribution is 2.16. The second-order valence-electron chi connectivity index (χ2n) is 6.61. The number of aryl methyl sites for hydroxylation is 1. The fourth-order valence-electron chi connectivity index (χ4n) is 2.21. The number of nitrogens with zero attached hydrogens (tertiary/aromatic N) is 1. The molecule has 0 aliphatic carbocycles. The third kappa shape index (κ3) is 6.48. The van der Waals surface area contributed by atoms with Crippen LogP contribution in [0.1, 0.15) is 39.2 Å². The fourth-order valence-corrected chi connectivity index (χ4v) is 2.21. The molecule has 1 aromatic rings. The van der Waals surface area contributed by atoms with Crippen molar-refractivity contribution in [3.05, 3.63) is 29.8 Å². The summed E-state index contributed by atoms with van der Waals surface area (Å²) in [6.45, 7) is 8.23. The molecule has 4 nitrogen and oxygen atoms in total. The minimum atomic E-state index is -0.0390. The largest absolute Gasteiger partial charge is 0.494 e. The molecule has 0 atom stereocenters. The van der Waals surface area contributed by atoms with E-state index in [4.69, 9.17) is 10.5 Å². The van der Waals surface area contributed by atoms with E-state index in [2.05, 4.69) is 20.8 Å². The van der Waals surface area contributed by atoms with Gasteiger partial charge in [-0.3, -0.25) is 4.79 Å². The zero-order valence-corrected chi connectivity index (χ0v) is 14.4. The average Bonchev–Trinajstić information content (AvgIpc) is 2.51. The monoisotopic (exact) mass is 306 g/mol. The molecular weight excluding hydrogens is 276 g/mol. The first kappa shape index (κ1) is 18.5. The lowest BCUT2D eigenvalue weighted by molar-refractivity contribution is -0.131. The topological polar surface area (TPSA) is 55.6 Å². The first-order valence-corrected chi connectivity index (χ1v) is 8.03. The Kier molecular flexibility index (Phi) is 7.39.